The summed E-state index contributed by atoms with van der Waals surface area (Å²) in [5, 5.41) is 2.88. The van der Waals surface area contributed by atoms with Crippen molar-refractivity contribution >= 4 is 5.91 Å². The van der Waals surface area contributed by atoms with Crippen molar-refractivity contribution in [1.82, 2.24) is 5.32 Å². The maximum atomic E-state index is 12.2. The summed E-state index contributed by atoms with van der Waals surface area (Å²) in [6, 6.07) is 13.3. The monoisotopic (exact) mass is 327 g/mol. The third-order valence-electron chi connectivity index (χ3n) is 3.74. The van der Waals surface area contributed by atoms with Crippen LogP contribution in [0, 0.1) is 6.92 Å². The van der Waals surface area contributed by atoms with Crippen LogP contribution < -0.4 is 19.5 Å². The molecule has 0 saturated heterocycles. The highest BCUT2D eigenvalue weighted by atomic mass is 16.6. The molecule has 1 atom stereocenters. The molecule has 1 aliphatic rings. The average Bonchev–Trinajstić information content (AvgIpc) is 2.59. The van der Waals surface area contributed by atoms with Crippen LogP contribution in [0.15, 0.2) is 42.5 Å². The second-order valence-electron chi connectivity index (χ2n) is 5.77. The lowest BCUT2D eigenvalue weighted by atomic mass is 10.2. The lowest BCUT2D eigenvalue weighted by molar-refractivity contribution is -0.127. The molecule has 5 heteroatoms. The van der Waals surface area contributed by atoms with Crippen LogP contribution in [0.2, 0.25) is 0 Å². The van der Waals surface area contributed by atoms with Gasteiger partial charge >= 0.3 is 0 Å². The van der Waals surface area contributed by atoms with Gasteiger partial charge in [-0.05, 0) is 49.2 Å². The van der Waals surface area contributed by atoms with E-state index in [-0.39, 0.29) is 5.91 Å². The molecule has 2 aromatic carbocycles. The van der Waals surface area contributed by atoms with Gasteiger partial charge in [0.25, 0.3) is 5.91 Å². The van der Waals surface area contributed by atoms with Crippen molar-refractivity contribution in [1.29, 1.82) is 0 Å². The van der Waals surface area contributed by atoms with Crippen LogP contribution in [0.25, 0.3) is 0 Å². The molecule has 1 amide bonds. The Morgan fingerprint density at radius 3 is 2.75 bits per heavy atom. The van der Waals surface area contributed by atoms with Gasteiger partial charge in [0.15, 0.2) is 17.6 Å². The summed E-state index contributed by atoms with van der Waals surface area (Å²) in [6.45, 7) is 5.25. The van der Waals surface area contributed by atoms with Crippen molar-refractivity contribution in [3.05, 3.63) is 53.6 Å². The van der Waals surface area contributed by atoms with Crippen LogP contribution in [0.3, 0.4) is 0 Å². The van der Waals surface area contributed by atoms with Gasteiger partial charge in [-0.1, -0.05) is 18.2 Å². The van der Waals surface area contributed by atoms with Crippen LogP contribution in [0.1, 0.15) is 18.1 Å². The quantitative estimate of drug-likeness (QED) is 0.917. The molecule has 126 valence electrons. The molecule has 1 aliphatic heterocycles. The van der Waals surface area contributed by atoms with Crippen molar-refractivity contribution in [3.8, 4) is 17.2 Å². The normalized spacial score (nSPS) is 13.9. The van der Waals surface area contributed by atoms with Crippen LogP contribution in [0.4, 0.5) is 0 Å². The minimum atomic E-state index is -0.566. The smallest absolute Gasteiger partial charge is 0.261 e. The number of fused-ring (bicyclic) bond motifs is 1. The second-order valence-corrected chi connectivity index (χ2v) is 5.77. The average molecular weight is 327 g/mol. The fraction of sp³-hybridized carbons (Fsp3) is 0.316. The number of hydrogen-bond acceptors (Lipinski definition) is 4. The van der Waals surface area contributed by atoms with E-state index in [0.717, 1.165) is 22.6 Å². The third-order valence-corrected chi connectivity index (χ3v) is 3.74. The number of ether oxygens (including phenoxy) is 3. The van der Waals surface area contributed by atoms with E-state index in [0.29, 0.717) is 25.5 Å². The number of carbonyl (C=O) groups is 1. The van der Waals surface area contributed by atoms with E-state index in [1.54, 1.807) is 6.92 Å². The molecule has 0 aliphatic carbocycles. The Morgan fingerprint density at radius 1 is 1.17 bits per heavy atom. The fourth-order valence-corrected chi connectivity index (χ4v) is 2.48. The largest absolute Gasteiger partial charge is 0.486 e. The Labute approximate surface area is 141 Å². The Morgan fingerprint density at radius 2 is 1.96 bits per heavy atom. The topological polar surface area (TPSA) is 56.8 Å². The van der Waals surface area contributed by atoms with E-state index in [2.05, 4.69) is 5.32 Å². The highest BCUT2D eigenvalue weighted by Gasteiger charge is 2.16. The first kappa shape index (κ1) is 16.2. The Bertz CT molecular complexity index is 729. The number of nitrogens with one attached hydrogen (secondary N) is 1. The number of aryl methyl sites for hydroxylation is 1. The fourth-order valence-electron chi connectivity index (χ4n) is 2.48. The van der Waals surface area contributed by atoms with Crippen molar-refractivity contribution in [2.75, 3.05) is 13.2 Å². The van der Waals surface area contributed by atoms with Gasteiger partial charge in [-0.3, -0.25) is 4.79 Å². The minimum Gasteiger partial charge on any atom is -0.486 e. The van der Waals surface area contributed by atoms with E-state index in [1.165, 1.54) is 0 Å². The number of benzene rings is 2. The number of carbonyl (C=O) groups excluding carboxylic acids is 1. The second kappa shape index (κ2) is 7.25. The Hall–Kier alpha value is -2.69. The molecule has 1 N–H and O–H groups in total. The summed E-state index contributed by atoms with van der Waals surface area (Å²) in [5.41, 5.74) is 2.05. The van der Waals surface area contributed by atoms with Gasteiger partial charge in [0.05, 0.1) is 0 Å². The molecule has 0 spiro atoms. The molecule has 5 nitrogen and oxygen atoms in total. The zero-order valence-electron chi connectivity index (χ0n) is 13.9. The molecule has 0 radical (unpaired) electrons. The summed E-state index contributed by atoms with van der Waals surface area (Å²) in [6.07, 6.45) is -0.566. The molecule has 1 unspecified atom stereocenters. The molecule has 0 aromatic heterocycles. The molecule has 0 saturated carbocycles. The van der Waals surface area contributed by atoms with Crippen molar-refractivity contribution in [2.45, 2.75) is 26.5 Å². The third kappa shape index (κ3) is 3.98. The molecule has 24 heavy (non-hydrogen) atoms. The highest BCUT2D eigenvalue weighted by molar-refractivity contribution is 5.80. The van der Waals surface area contributed by atoms with Crippen molar-refractivity contribution in [2.24, 2.45) is 0 Å². The van der Waals surface area contributed by atoms with Crippen molar-refractivity contribution in [3.63, 3.8) is 0 Å². The maximum Gasteiger partial charge on any atom is 0.261 e. The number of amides is 1. The summed E-state index contributed by atoms with van der Waals surface area (Å²) in [4.78, 5) is 12.2. The zero-order chi connectivity index (χ0) is 16.9. The maximum absolute atomic E-state index is 12.2. The first-order chi connectivity index (χ1) is 11.6. The van der Waals surface area contributed by atoms with Gasteiger partial charge in [0.1, 0.15) is 19.0 Å². The van der Waals surface area contributed by atoms with Gasteiger partial charge < -0.3 is 19.5 Å². The van der Waals surface area contributed by atoms with Crippen LogP contribution in [0.5, 0.6) is 17.2 Å². The van der Waals surface area contributed by atoms with Gasteiger partial charge in [-0.15, -0.1) is 0 Å². The van der Waals surface area contributed by atoms with E-state index in [9.17, 15) is 4.79 Å². The molecule has 2 aromatic rings. The summed E-state index contributed by atoms with van der Waals surface area (Å²) < 4.78 is 16.7. The van der Waals surface area contributed by atoms with E-state index in [4.69, 9.17) is 14.2 Å². The molecule has 1 heterocycles. The molecule has 0 fully saturated rings. The van der Waals surface area contributed by atoms with Gasteiger partial charge in [-0.2, -0.15) is 0 Å². The molecule has 0 bridgehead atoms. The predicted octanol–water partition coefficient (Wildman–Crippen LogP) is 2.85. The number of rotatable bonds is 5. The summed E-state index contributed by atoms with van der Waals surface area (Å²) in [5.74, 6) is 1.99. The van der Waals surface area contributed by atoms with Crippen LogP contribution in [-0.2, 0) is 11.3 Å². The summed E-state index contributed by atoms with van der Waals surface area (Å²) in [7, 11) is 0. The zero-order valence-corrected chi connectivity index (χ0v) is 13.9. The van der Waals surface area contributed by atoms with Crippen molar-refractivity contribution < 1.29 is 19.0 Å². The standard InChI is InChI=1S/C19H21NO4/c1-13-4-3-5-16(10-13)24-14(2)19(21)20-12-15-6-7-17-18(11-15)23-9-8-22-17/h3-7,10-11,14H,8-9,12H2,1-2H3,(H,20,21). The van der Waals surface area contributed by atoms with Crippen LogP contribution in [-0.4, -0.2) is 25.2 Å². The van der Waals surface area contributed by atoms with E-state index >= 15 is 0 Å². The summed E-state index contributed by atoms with van der Waals surface area (Å²) >= 11 is 0. The molecule has 3 rings (SSSR count). The van der Waals surface area contributed by atoms with E-state index < -0.39 is 6.10 Å². The first-order valence-corrected chi connectivity index (χ1v) is 8.01. The van der Waals surface area contributed by atoms with Crippen LogP contribution >= 0.6 is 0 Å². The lowest BCUT2D eigenvalue weighted by Crippen LogP contribution is -2.35. The lowest BCUT2D eigenvalue weighted by Gasteiger charge is -2.19. The molecular formula is C19H21NO4. The Kier molecular flexibility index (Phi) is 4.89. The van der Waals surface area contributed by atoms with Gasteiger partial charge in [-0.25, -0.2) is 0 Å². The van der Waals surface area contributed by atoms with E-state index in [1.807, 2.05) is 49.4 Å². The predicted molar refractivity (Wildman–Crippen MR) is 90.5 cm³/mol. The Balaban J connectivity index is 1.55. The highest BCUT2D eigenvalue weighted by Crippen LogP contribution is 2.30. The minimum absolute atomic E-state index is 0.161. The number of hydrogen-bond donors (Lipinski definition) is 1. The first-order valence-electron chi connectivity index (χ1n) is 8.01. The van der Waals surface area contributed by atoms with Gasteiger partial charge in [0.2, 0.25) is 0 Å². The molecular weight excluding hydrogens is 306 g/mol. The SMILES string of the molecule is Cc1cccc(OC(C)C(=O)NCc2ccc3c(c2)OCCO3)c1. The van der Waals surface area contributed by atoms with Gasteiger partial charge in [0, 0.05) is 6.54 Å².